The highest BCUT2D eigenvalue weighted by molar-refractivity contribution is 5.92. The van der Waals surface area contributed by atoms with Crippen molar-refractivity contribution in [1.29, 1.82) is 0 Å². The topological polar surface area (TPSA) is 102 Å². The Balaban J connectivity index is 1.99. The van der Waals surface area contributed by atoms with Gasteiger partial charge in [-0.25, -0.2) is 4.79 Å². The van der Waals surface area contributed by atoms with Crippen LogP contribution in [-0.2, 0) is 9.59 Å². The Kier molecular flexibility index (Phi) is 5.80. The summed E-state index contributed by atoms with van der Waals surface area (Å²) in [5.74, 6) is 0.0128. The van der Waals surface area contributed by atoms with Gasteiger partial charge in [0.1, 0.15) is 11.5 Å². The van der Waals surface area contributed by atoms with Crippen molar-refractivity contribution in [3.05, 3.63) is 40.8 Å². The monoisotopic (exact) mass is 346 g/mol. The molecule has 0 bridgehead atoms. The van der Waals surface area contributed by atoms with Gasteiger partial charge in [-0.05, 0) is 50.5 Å². The normalized spacial score (nSPS) is 11.8. The van der Waals surface area contributed by atoms with E-state index in [9.17, 15) is 9.59 Å². The number of nitrogens with one attached hydrogen (secondary N) is 1. The molecule has 25 heavy (non-hydrogen) atoms. The van der Waals surface area contributed by atoms with E-state index in [1.165, 1.54) is 0 Å². The number of rotatable bonds is 7. The summed E-state index contributed by atoms with van der Waals surface area (Å²) < 4.78 is 10.3. The third-order valence-electron chi connectivity index (χ3n) is 3.91. The minimum Gasteiger partial charge on any atom is -0.482 e. The van der Waals surface area contributed by atoms with E-state index in [0.717, 1.165) is 22.6 Å². The number of aliphatic carboxylic acids is 1. The van der Waals surface area contributed by atoms with Gasteiger partial charge < -0.3 is 19.7 Å². The highest BCUT2D eigenvalue weighted by atomic mass is 16.5. The van der Waals surface area contributed by atoms with Crippen LogP contribution in [0, 0.1) is 20.8 Å². The molecule has 7 heteroatoms. The van der Waals surface area contributed by atoms with E-state index < -0.39 is 12.6 Å². The zero-order valence-corrected chi connectivity index (χ0v) is 14.8. The number of amides is 1. The Bertz CT molecular complexity index is 762. The summed E-state index contributed by atoms with van der Waals surface area (Å²) in [6.45, 7) is 7.08. The lowest BCUT2D eigenvalue weighted by molar-refractivity contribution is -0.139. The summed E-state index contributed by atoms with van der Waals surface area (Å²) in [5.41, 5.74) is 3.22. The minimum atomic E-state index is -1.04. The molecule has 2 N–H and O–H groups in total. The summed E-state index contributed by atoms with van der Waals surface area (Å²) >= 11 is 0. The summed E-state index contributed by atoms with van der Waals surface area (Å²) in [4.78, 5) is 22.8. The van der Waals surface area contributed by atoms with Crippen LogP contribution in [-0.4, -0.2) is 28.7 Å². The molecule has 1 aromatic carbocycles. The Morgan fingerprint density at radius 2 is 2.04 bits per heavy atom. The number of carbonyl (C=O) groups is 2. The molecule has 0 aliphatic carbocycles. The number of carboxylic acid groups (broad SMARTS) is 1. The largest absolute Gasteiger partial charge is 0.482 e. The molecule has 134 valence electrons. The minimum absolute atomic E-state index is 0.00951. The van der Waals surface area contributed by atoms with Crippen LogP contribution in [0.1, 0.15) is 41.8 Å². The molecular formula is C18H22N2O5. The molecule has 1 heterocycles. The van der Waals surface area contributed by atoms with Crippen molar-refractivity contribution in [1.82, 2.24) is 5.16 Å². The van der Waals surface area contributed by atoms with Crippen molar-refractivity contribution in [2.24, 2.45) is 0 Å². The predicted octanol–water partition coefficient (Wildman–Crippen LogP) is 3.20. The third kappa shape index (κ3) is 4.82. The van der Waals surface area contributed by atoms with Gasteiger partial charge in [0, 0.05) is 17.7 Å². The van der Waals surface area contributed by atoms with Crippen molar-refractivity contribution < 1.29 is 24.0 Å². The van der Waals surface area contributed by atoms with Gasteiger partial charge in [-0.15, -0.1) is 0 Å². The Hall–Kier alpha value is -2.83. The van der Waals surface area contributed by atoms with Crippen LogP contribution < -0.4 is 10.1 Å². The highest BCUT2D eigenvalue weighted by Gasteiger charge is 2.19. The maximum atomic E-state index is 12.3. The van der Waals surface area contributed by atoms with Crippen LogP contribution >= 0.6 is 0 Å². The fraction of sp³-hybridized carbons (Fsp3) is 0.389. The Labute approximate surface area is 146 Å². The van der Waals surface area contributed by atoms with Crippen molar-refractivity contribution in [3.63, 3.8) is 0 Å². The smallest absolute Gasteiger partial charge is 0.341 e. The fourth-order valence-electron chi connectivity index (χ4n) is 2.79. The number of carboxylic acids is 1. The second-order valence-corrected chi connectivity index (χ2v) is 6.05. The number of aromatic nitrogens is 1. The van der Waals surface area contributed by atoms with Crippen molar-refractivity contribution in [2.75, 3.05) is 11.9 Å². The van der Waals surface area contributed by atoms with E-state index in [1.54, 1.807) is 18.2 Å². The molecule has 7 nitrogen and oxygen atoms in total. The molecule has 0 saturated carbocycles. The molecular weight excluding hydrogens is 324 g/mol. The fourth-order valence-corrected chi connectivity index (χ4v) is 2.79. The maximum absolute atomic E-state index is 12.3. The van der Waals surface area contributed by atoms with Crippen LogP contribution in [0.25, 0.3) is 0 Å². The molecule has 1 atom stereocenters. The van der Waals surface area contributed by atoms with Crippen molar-refractivity contribution in [3.8, 4) is 5.75 Å². The lowest BCUT2D eigenvalue weighted by Gasteiger charge is -2.13. The number of nitrogens with zero attached hydrogens (tertiary/aromatic N) is 1. The van der Waals surface area contributed by atoms with Crippen LogP contribution in [0.5, 0.6) is 5.75 Å². The molecule has 0 aliphatic rings. The maximum Gasteiger partial charge on any atom is 0.341 e. The lowest BCUT2D eigenvalue weighted by Crippen LogP contribution is -2.16. The lowest BCUT2D eigenvalue weighted by atomic mass is 9.96. The first-order chi connectivity index (χ1) is 11.8. The van der Waals surface area contributed by atoms with E-state index in [-0.39, 0.29) is 11.8 Å². The van der Waals surface area contributed by atoms with Gasteiger partial charge in [-0.2, -0.15) is 0 Å². The molecule has 1 unspecified atom stereocenters. The molecule has 2 aromatic rings. The SMILES string of the molecule is Cc1cc(OCC(=O)O)ccc1NC(=O)CC(C)c1c(C)noc1C. The number of ether oxygens (including phenoxy) is 1. The summed E-state index contributed by atoms with van der Waals surface area (Å²) in [7, 11) is 0. The standard InChI is InChI=1S/C18H22N2O5/c1-10-7-14(24-9-17(22)23)5-6-15(10)19-16(21)8-11(2)18-12(3)20-25-13(18)4/h5-7,11H,8-9H2,1-4H3,(H,19,21)(H,22,23). The number of hydrogen-bond donors (Lipinski definition) is 2. The van der Waals surface area contributed by atoms with Gasteiger partial charge in [0.05, 0.1) is 5.69 Å². The van der Waals surface area contributed by atoms with E-state index in [4.69, 9.17) is 14.4 Å². The second-order valence-electron chi connectivity index (χ2n) is 6.05. The number of aryl methyl sites for hydroxylation is 3. The average molecular weight is 346 g/mol. The second kappa shape index (κ2) is 7.83. The van der Waals surface area contributed by atoms with E-state index >= 15 is 0 Å². The van der Waals surface area contributed by atoms with Gasteiger partial charge in [0.2, 0.25) is 5.91 Å². The summed E-state index contributed by atoms with van der Waals surface area (Å²) in [6, 6.07) is 5.02. The third-order valence-corrected chi connectivity index (χ3v) is 3.91. The van der Waals surface area contributed by atoms with E-state index in [2.05, 4.69) is 10.5 Å². The molecule has 0 spiro atoms. The first-order valence-electron chi connectivity index (χ1n) is 7.95. The molecule has 1 aromatic heterocycles. The summed E-state index contributed by atoms with van der Waals surface area (Å²) in [6.07, 6.45) is 0.305. The highest BCUT2D eigenvalue weighted by Crippen LogP contribution is 2.27. The van der Waals surface area contributed by atoms with Gasteiger partial charge in [0.25, 0.3) is 0 Å². The van der Waals surface area contributed by atoms with Crippen molar-refractivity contribution >= 4 is 17.6 Å². The van der Waals surface area contributed by atoms with Crippen LogP contribution in [0.2, 0.25) is 0 Å². The molecule has 0 aliphatic heterocycles. The van der Waals surface area contributed by atoms with E-state index in [1.807, 2.05) is 27.7 Å². The first kappa shape index (κ1) is 18.5. The first-order valence-corrected chi connectivity index (χ1v) is 7.95. The molecule has 1 amide bonds. The zero-order valence-electron chi connectivity index (χ0n) is 14.8. The van der Waals surface area contributed by atoms with E-state index in [0.29, 0.717) is 17.9 Å². The zero-order chi connectivity index (χ0) is 18.6. The molecule has 0 fully saturated rings. The Morgan fingerprint density at radius 3 is 2.60 bits per heavy atom. The number of hydrogen-bond acceptors (Lipinski definition) is 5. The number of anilines is 1. The predicted molar refractivity (Wildman–Crippen MR) is 91.9 cm³/mol. The van der Waals surface area contributed by atoms with Crippen LogP contribution in [0.15, 0.2) is 22.7 Å². The number of carbonyl (C=O) groups excluding carboxylic acids is 1. The van der Waals surface area contributed by atoms with Gasteiger partial charge >= 0.3 is 5.97 Å². The van der Waals surface area contributed by atoms with Crippen LogP contribution in [0.4, 0.5) is 5.69 Å². The summed E-state index contributed by atoms with van der Waals surface area (Å²) in [5, 5.41) is 15.4. The molecule has 0 radical (unpaired) electrons. The van der Waals surface area contributed by atoms with Gasteiger partial charge in [-0.3, -0.25) is 4.79 Å². The number of benzene rings is 1. The van der Waals surface area contributed by atoms with Gasteiger partial charge in [0.15, 0.2) is 6.61 Å². The molecule has 2 rings (SSSR count). The van der Waals surface area contributed by atoms with Crippen LogP contribution in [0.3, 0.4) is 0 Å². The Morgan fingerprint density at radius 1 is 1.32 bits per heavy atom. The average Bonchev–Trinajstić information content (AvgIpc) is 2.86. The van der Waals surface area contributed by atoms with Crippen molar-refractivity contribution in [2.45, 2.75) is 40.0 Å². The van der Waals surface area contributed by atoms with Gasteiger partial charge in [-0.1, -0.05) is 12.1 Å². The quantitative estimate of drug-likeness (QED) is 0.798. The molecule has 0 saturated heterocycles.